The zero-order valence-corrected chi connectivity index (χ0v) is 18.7. The second-order valence-corrected chi connectivity index (χ2v) is 8.20. The molecule has 2 aromatic heterocycles. The molecule has 7 nitrogen and oxygen atoms in total. The van der Waals surface area contributed by atoms with Crippen molar-refractivity contribution in [1.82, 2.24) is 14.7 Å². The van der Waals surface area contributed by atoms with Crippen LogP contribution >= 0.6 is 0 Å². The van der Waals surface area contributed by atoms with E-state index in [2.05, 4.69) is 34.4 Å². The Labute approximate surface area is 196 Å². The molecule has 0 bridgehead atoms. The maximum Gasteiger partial charge on any atom is 0.405 e. The number of fused-ring (bicyclic) bond motifs is 1. The number of aromatic nitrogens is 3. The average molecular weight is 453 g/mol. The van der Waals surface area contributed by atoms with Crippen LogP contribution in [-0.2, 0) is 24.6 Å². The van der Waals surface area contributed by atoms with E-state index in [1.165, 1.54) is 0 Å². The van der Waals surface area contributed by atoms with Gasteiger partial charge in [-0.25, -0.2) is 4.79 Å². The summed E-state index contributed by atoms with van der Waals surface area (Å²) in [6.07, 6.45) is 1.22. The summed E-state index contributed by atoms with van der Waals surface area (Å²) in [7, 11) is 1.98. The lowest BCUT2D eigenvalue weighted by molar-refractivity contribution is 0.0851. The van der Waals surface area contributed by atoms with Crippen molar-refractivity contribution in [3.8, 4) is 11.1 Å². The molecule has 1 atom stereocenters. The second-order valence-electron chi connectivity index (χ2n) is 8.20. The first kappa shape index (κ1) is 21.5. The molecule has 0 unspecified atom stereocenters. The lowest BCUT2D eigenvalue weighted by Crippen LogP contribution is -2.19. The van der Waals surface area contributed by atoms with Gasteiger partial charge in [0.25, 0.3) is 5.89 Å². The predicted octanol–water partition coefficient (Wildman–Crippen LogP) is 5.20. The SMILES string of the molecule is Cn1cc(C[C@H](OC(N)=O)c2nc(Cc3ccc(-c4ccccc4)cc3)no2)c2ccccc21. The van der Waals surface area contributed by atoms with Crippen molar-refractivity contribution in [1.29, 1.82) is 0 Å². The van der Waals surface area contributed by atoms with Gasteiger partial charge in [0.15, 0.2) is 11.9 Å². The Morgan fingerprint density at radius 1 is 1.00 bits per heavy atom. The molecule has 2 N–H and O–H groups in total. The van der Waals surface area contributed by atoms with Crippen LogP contribution in [0.3, 0.4) is 0 Å². The fourth-order valence-corrected chi connectivity index (χ4v) is 4.21. The molecule has 0 aliphatic carbocycles. The first-order valence-electron chi connectivity index (χ1n) is 11.0. The molecule has 7 heteroatoms. The smallest absolute Gasteiger partial charge is 0.405 e. The topological polar surface area (TPSA) is 96.2 Å². The second kappa shape index (κ2) is 9.23. The summed E-state index contributed by atoms with van der Waals surface area (Å²) in [5, 5.41) is 5.18. The maximum absolute atomic E-state index is 11.6. The molecule has 0 saturated heterocycles. The molecule has 0 fully saturated rings. The Hall–Kier alpha value is -4.39. The highest BCUT2D eigenvalue weighted by Crippen LogP contribution is 2.28. The van der Waals surface area contributed by atoms with Gasteiger partial charge in [-0.2, -0.15) is 4.98 Å². The van der Waals surface area contributed by atoms with Gasteiger partial charge < -0.3 is 19.6 Å². The minimum atomic E-state index is -0.888. The van der Waals surface area contributed by atoms with Crippen LogP contribution in [0.2, 0.25) is 0 Å². The van der Waals surface area contributed by atoms with Crippen LogP contribution in [-0.4, -0.2) is 20.8 Å². The number of hydrogen-bond acceptors (Lipinski definition) is 5. The first-order valence-corrected chi connectivity index (χ1v) is 11.0. The minimum Gasteiger partial charge on any atom is -0.436 e. The van der Waals surface area contributed by atoms with Gasteiger partial charge in [-0.1, -0.05) is 78.0 Å². The molecular formula is C27H24N4O3. The molecule has 0 aliphatic rings. The van der Waals surface area contributed by atoms with E-state index < -0.39 is 12.2 Å². The van der Waals surface area contributed by atoms with Gasteiger partial charge in [0.05, 0.1) is 0 Å². The third-order valence-corrected chi connectivity index (χ3v) is 5.83. The summed E-state index contributed by atoms with van der Waals surface area (Å²) < 4.78 is 12.9. The van der Waals surface area contributed by atoms with E-state index in [4.69, 9.17) is 15.0 Å². The minimum absolute atomic E-state index is 0.225. The van der Waals surface area contributed by atoms with Crippen molar-refractivity contribution in [2.75, 3.05) is 0 Å². The van der Waals surface area contributed by atoms with E-state index in [-0.39, 0.29) is 5.89 Å². The van der Waals surface area contributed by atoms with Gasteiger partial charge in [-0.05, 0) is 28.3 Å². The number of hydrogen-bond donors (Lipinski definition) is 1. The number of para-hydroxylation sites is 1. The maximum atomic E-state index is 11.6. The highest BCUT2D eigenvalue weighted by molar-refractivity contribution is 5.84. The molecule has 0 radical (unpaired) electrons. The van der Waals surface area contributed by atoms with Gasteiger partial charge in [-0.15, -0.1) is 0 Å². The highest BCUT2D eigenvalue weighted by atomic mass is 16.6. The molecule has 0 spiro atoms. The predicted molar refractivity (Wildman–Crippen MR) is 129 cm³/mol. The number of benzene rings is 3. The van der Waals surface area contributed by atoms with E-state index in [1.54, 1.807) is 0 Å². The van der Waals surface area contributed by atoms with Crippen molar-refractivity contribution in [3.63, 3.8) is 0 Å². The Bertz CT molecular complexity index is 1420. The van der Waals surface area contributed by atoms with Crippen molar-refractivity contribution in [2.45, 2.75) is 18.9 Å². The van der Waals surface area contributed by atoms with Crippen molar-refractivity contribution in [2.24, 2.45) is 12.8 Å². The van der Waals surface area contributed by atoms with Gasteiger partial charge in [0, 0.05) is 37.0 Å². The van der Waals surface area contributed by atoms with Gasteiger partial charge >= 0.3 is 6.09 Å². The Morgan fingerprint density at radius 2 is 1.71 bits per heavy atom. The van der Waals surface area contributed by atoms with Crippen molar-refractivity contribution in [3.05, 3.63) is 108 Å². The number of primary amides is 1. The van der Waals surface area contributed by atoms with Crippen LogP contribution in [0.15, 0.2) is 89.6 Å². The molecule has 34 heavy (non-hydrogen) atoms. The van der Waals surface area contributed by atoms with E-state index in [1.807, 2.05) is 72.4 Å². The molecule has 5 rings (SSSR count). The lowest BCUT2D eigenvalue weighted by atomic mass is 10.0. The standard InChI is InChI=1S/C27H24N4O3/c1-31-17-21(22-9-5-6-10-23(22)31)16-24(33-27(28)32)26-29-25(30-34-26)15-18-11-13-20(14-12-18)19-7-3-2-4-8-19/h2-14,17,24H,15-16H2,1H3,(H2,28,32)/t24-/m0/s1. The number of carbonyl (C=O) groups is 1. The average Bonchev–Trinajstić information content (AvgIpc) is 3.44. The summed E-state index contributed by atoms with van der Waals surface area (Å²) in [5.41, 5.74) is 10.8. The number of rotatable bonds is 7. The number of nitrogens with two attached hydrogens (primary N) is 1. The Morgan fingerprint density at radius 3 is 2.47 bits per heavy atom. The molecule has 2 heterocycles. The summed E-state index contributed by atoms with van der Waals surface area (Å²) in [6.45, 7) is 0. The summed E-state index contributed by atoms with van der Waals surface area (Å²) >= 11 is 0. The number of nitrogens with zero attached hydrogens (tertiary/aromatic N) is 3. The number of ether oxygens (including phenoxy) is 1. The molecule has 0 aliphatic heterocycles. The fraction of sp³-hybridized carbons (Fsp3) is 0.148. The largest absolute Gasteiger partial charge is 0.436 e. The molecular weight excluding hydrogens is 428 g/mol. The van der Waals surface area contributed by atoms with E-state index >= 15 is 0 Å². The van der Waals surface area contributed by atoms with Crippen LogP contribution in [0.1, 0.15) is 28.9 Å². The van der Waals surface area contributed by atoms with Gasteiger partial charge in [0.2, 0.25) is 0 Å². The lowest BCUT2D eigenvalue weighted by Gasteiger charge is -2.12. The normalized spacial score (nSPS) is 12.0. The zero-order chi connectivity index (χ0) is 23.5. The van der Waals surface area contributed by atoms with E-state index in [9.17, 15) is 4.79 Å². The Balaban J connectivity index is 1.35. The summed E-state index contributed by atoms with van der Waals surface area (Å²) in [6, 6.07) is 26.5. The number of carbonyl (C=O) groups excluding carboxylic acids is 1. The van der Waals surface area contributed by atoms with Gasteiger partial charge in [-0.3, -0.25) is 0 Å². The first-order chi connectivity index (χ1) is 16.6. The number of aryl methyl sites for hydroxylation is 1. The quantitative estimate of drug-likeness (QED) is 0.366. The third-order valence-electron chi connectivity index (χ3n) is 5.83. The monoisotopic (exact) mass is 452 g/mol. The van der Waals surface area contributed by atoms with E-state index in [0.29, 0.717) is 18.7 Å². The highest BCUT2D eigenvalue weighted by Gasteiger charge is 2.25. The van der Waals surface area contributed by atoms with Crippen molar-refractivity contribution < 1.29 is 14.1 Å². The molecule has 170 valence electrons. The van der Waals surface area contributed by atoms with E-state index in [0.717, 1.165) is 33.2 Å². The van der Waals surface area contributed by atoms with Crippen LogP contribution in [0.4, 0.5) is 4.79 Å². The molecule has 1 amide bonds. The third kappa shape index (κ3) is 4.54. The van der Waals surface area contributed by atoms with Crippen molar-refractivity contribution >= 4 is 17.0 Å². The van der Waals surface area contributed by atoms with Crippen LogP contribution in [0, 0.1) is 0 Å². The fourth-order valence-electron chi connectivity index (χ4n) is 4.21. The van der Waals surface area contributed by atoms with Crippen LogP contribution in [0.25, 0.3) is 22.0 Å². The molecule has 0 saturated carbocycles. The van der Waals surface area contributed by atoms with Crippen LogP contribution < -0.4 is 5.73 Å². The zero-order valence-electron chi connectivity index (χ0n) is 18.7. The Kier molecular flexibility index (Phi) is 5.82. The molecule has 5 aromatic rings. The van der Waals surface area contributed by atoms with Crippen LogP contribution in [0.5, 0.6) is 0 Å². The summed E-state index contributed by atoms with van der Waals surface area (Å²) in [4.78, 5) is 16.1. The van der Waals surface area contributed by atoms with Gasteiger partial charge in [0.1, 0.15) is 0 Å². The number of amides is 1. The molecule has 3 aromatic carbocycles. The summed E-state index contributed by atoms with van der Waals surface area (Å²) in [5.74, 6) is 0.737.